The largest absolute Gasteiger partial charge is 0.472 e. The van der Waals surface area contributed by atoms with Crippen LogP contribution in [0.25, 0.3) is 0 Å². The van der Waals surface area contributed by atoms with E-state index in [1.165, 1.54) is 0 Å². The number of allylic oxidation sites excluding steroid dienone is 24. The molecule has 0 aliphatic heterocycles. The molecule has 0 aromatic rings. The van der Waals surface area contributed by atoms with Gasteiger partial charge < -0.3 is 20.1 Å². The molecule has 376 valence electrons. The number of phosphoric ester groups is 1. The molecular weight excluding hydrogens is 858 g/mol. The summed E-state index contributed by atoms with van der Waals surface area (Å²) in [6, 6.07) is 0. The van der Waals surface area contributed by atoms with Crippen molar-refractivity contribution >= 4 is 19.8 Å². The maximum atomic E-state index is 12.5. The fourth-order valence-corrected chi connectivity index (χ4v) is 6.79. The summed E-state index contributed by atoms with van der Waals surface area (Å²) in [6.07, 6.45) is 73.9. The van der Waals surface area contributed by atoms with Crippen molar-refractivity contribution in [2.24, 2.45) is 5.73 Å². The molecule has 0 saturated carbocycles. The summed E-state index contributed by atoms with van der Waals surface area (Å²) in [7, 11) is -4.38. The number of unbranched alkanes of at least 4 members (excludes halogenated alkanes) is 8. The standard InChI is InChI=1S/C57H90NO8P/c1-3-5-7-9-10-11-12-13-14-15-16-17-18-19-20-21-22-23-24-25-26-27-28-29-30-31-32-33-34-35-36-37-38-39-40-41-42-43-44-46-48-50-57(60)66-55(54-65-67(61,62)64-52-51-58)53-63-56(59)49-47-45-8-6-4-2/h5,7,10-11,13-14,16-17,19-20,22-23,25-26,28-29,31-32,34-35,37-38,40-41,55H,3-4,6,8-9,12,15,18,21,24,27,30,33,36,39,42-54,58H2,1-2H3,(H,61,62)/b7-5-,11-10-,14-13-,17-16-,20-19-,23-22-,26-25-,29-28-,32-31-,35-34-,38-37-,41-40-. The minimum absolute atomic E-state index is 0.0419. The van der Waals surface area contributed by atoms with Gasteiger partial charge in [0, 0.05) is 19.4 Å². The highest BCUT2D eigenvalue weighted by atomic mass is 31.2. The maximum absolute atomic E-state index is 12.5. The van der Waals surface area contributed by atoms with Gasteiger partial charge >= 0.3 is 19.8 Å². The van der Waals surface area contributed by atoms with Crippen molar-refractivity contribution in [1.82, 2.24) is 0 Å². The fourth-order valence-electron chi connectivity index (χ4n) is 6.03. The zero-order valence-electron chi connectivity index (χ0n) is 41.6. The van der Waals surface area contributed by atoms with E-state index in [4.69, 9.17) is 24.3 Å². The average Bonchev–Trinajstić information content (AvgIpc) is 3.32. The molecule has 0 bridgehead atoms. The number of carbonyl (C=O) groups excluding carboxylic acids is 2. The molecule has 0 amide bonds. The van der Waals surface area contributed by atoms with Crippen LogP contribution in [0.2, 0.25) is 0 Å². The van der Waals surface area contributed by atoms with Crippen LogP contribution in [0.3, 0.4) is 0 Å². The fraction of sp³-hybridized carbons (Fsp3) is 0.544. The van der Waals surface area contributed by atoms with Gasteiger partial charge in [-0.25, -0.2) is 4.57 Å². The van der Waals surface area contributed by atoms with E-state index >= 15 is 0 Å². The average molecular weight is 948 g/mol. The summed E-state index contributed by atoms with van der Waals surface area (Å²) in [4.78, 5) is 34.5. The predicted molar refractivity (Wildman–Crippen MR) is 283 cm³/mol. The molecule has 0 aliphatic rings. The lowest BCUT2D eigenvalue weighted by Gasteiger charge is -2.19. The molecule has 0 fully saturated rings. The smallest absolute Gasteiger partial charge is 0.462 e. The number of nitrogens with two attached hydrogens (primary N) is 1. The van der Waals surface area contributed by atoms with Crippen LogP contribution in [0.5, 0.6) is 0 Å². The zero-order chi connectivity index (χ0) is 48.8. The number of hydrogen-bond acceptors (Lipinski definition) is 8. The highest BCUT2D eigenvalue weighted by molar-refractivity contribution is 7.47. The predicted octanol–water partition coefficient (Wildman–Crippen LogP) is 15.6. The topological polar surface area (TPSA) is 134 Å². The normalized spacial score (nSPS) is 14.4. The first-order valence-corrected chi connectivity index (χ1v) is 26.8. The van der Waals surface area contributed by atoms with Gasteiger partial charge in [-0.15, -0.1) is 0 Å². The Morgan fingerprint density at radius 3 is 1.21 bits per heavy atom. The molecule has 10 heteroatoms. The van der Waals surface area contributed by atoms with Crippen molar-refractivity contribution < 1.29 is 37.6 Å². The van der Waals surface area contributed by atoms with Gasteiger partial charge in [-0.05, 0) is 103 Å². The molecule has 0 aromatic heterocycles. The second kappa shape index (κ2) is 51.3. The highest BCUT2D eigenvalue weighted by Gasteiger charge is 2.26. The highest BCUT2D eigenvalue weighted by Crippen LogP contribution is 2.43. The molecule has 2 unspecified atom stereocenters. The monoisotopic (exact) mass is 948 g/mol. The summed E-state index contributed by atoms with van der Waals surface area (Å²) in [5, 5.41) is 0. The van der Waals surface area contributed by atoms with E-state index in [0.717, 1.165) is 135 Å². The maximum Gasteiger partial charge on any atom is 0.472 e. The Morgan fingerprint density at radius 2 is 0.821 bits per heavy atom. The lowest BCUT2D eigenvalue weighted by Crippen LogP contribution is -2.29. The van der Waals surface area contributed by atoms with Crippen molar-refractivity contribution in [2.45, 2.75) is 174 Å². The molecule has 3 N–H and O–H groups in total. The summed E-state index contributed by atoms with van der Waals surface area (Å²) in [5.74, 6) is -0.886. The first-order valence-electron chi connectivity index (χ1n) is 25.3. The molecule has 0 aromatic carbocycles. The Bertz CT molecular complexity index is 1600. The molecule has 0 saturated heterocycles. The number of ether oxygens (including phenoxy) is 2. The SMILES string of the molecule is CC/C=C\C/C=C\C/C=C\C/C=C\C/C=C\C/C=C\C/C=C\C/C=C\C/C=C\C/C=C\C/C=C\C/C=C\CCCCCCC(=O)OC(COC(=O)CCCCCCC)COP(=O)(O)OCCN. The molecule has 0 heterocycles. The third-order valence-electron chi connectivity index (χ3n) is 9.74. The summed E-state index contributed by atoms with van der Waals surface area (Å²) < 4.78 is 32.5. The second-order valence-electron chi connectivity index (χ2n) is 16.0. The molecule has 9 nitrogen and oxygen atoms in total. The molecule has 0 spiro atoms. The molecule has 0 radical (unpaired) electrons. The number of rotatable bonds is 45. The molecule has 2 atom stereocenters. The molecule has 67 heavy (non-hydrogen) atoms. The van der Waals surface area contributed by atoms with E-state index in [2.05, 4.69) is 160 Å². The van der Waals surface area contributed by atoms with Crippen LogP contribution in [0.15, 0.2) is 146 Å². The number of hydrogen-bond donors (Lipinski definition) is 2. The van der Waals surface area contributed by atoms with Gasteiger partial charge in [0.15, 0.2) is 6.10 Å². The third kappa shape index (κ3) is 51.1. The van der Waals surface area contributed by atoms with Crippen LogP contribution in [-0.4, -0.2) is 49.3 Å². The van der Waals surface area contributed by atoms with Gasteiger partial charge in [0.2, 0.25) is 0 Å². The van der Waals surface area contributed by atoms with E-state index in [0.29, 0.717) is 6.42 Å². The Morgan fingerprint density at radius 1 is 0.463 bits per heavy atom. The van der Waals surface area contributed by atoms with Crippen molar-refractivity contribution in [2.75, 3.05) is 26.4 Å². The van der Waals surface area contributed by atoms with Crippen LogP contribution < -0.4 is 5.73 Å². The van der Waals surface area contributed by atoms with Gasteiger partial charge in [0.25, 0.3) is 0 Å². The van der Waals surface area contributed by atoms with Crippen LogP contribution in [-0.2, 0) is 32.7 Å². The number of carbonyl (C=O) groups is 2. The summed E-state index contributed by atoms with van der Waals surface area (Å²) in [5.41, 5.74) is 5.33. The molecule has 0 aliphatic carbocycles. The van der Waals surface area contributed by atoms with Crippen molar-refractivity contribution in [1.29, 1.82) is 0 Å². The van der Waals surface area contributed by atoms with Crippen LogP contribution in [0.1, 0.15) is 168 Å². The Hall–Kier alpha value is -4.11. The van der Waals surface area contributed by atoms with Gasteiger partial charge in [-0.2, -0.15) is 0 Å². The van der Waals surface area contributed by atoms with Crippen LogP contribution in [0, 0.1) is 0 Å². The Kier molecular flexibility index (Phi) is 48.1. The minimum Gasteiger partial charge on any atom is -0.462 e. The van der Waals surface area contributed by atoms with Gasteiger partial charge in [0.1, 0.15) is 6.61 Å². The lowest BCUT2D eigenvalue weighted by atomic mass is 10.1. The number of esters is 2. The van der Waals surface area contributed by atoms with Gasteiger partial charge in [-0.1, -0.05) is 198 Å². The third-order valence-corrected chi connectivity index (χ3v) is 10.7. The van der Waals surface area contributed by atoms with E-state index in [1.807, 2.05) is 0 Å². The lowest BCUT2D eigenvalue weighted by molar-refractivity contribution is -0.161. The Balaban J connectivity index is 3.97. The van der Waals surface area contributed by atoms with Crippen molar-refractivity contribution in [3.63, 3.8) is 0 Å². The zero-order valence-corrected chi connectivity index (χ0v) is 42.5. The van der Waals surface area contributed by atoms with Gasteiger partial charge in [0.05, 0.1) is 13.2 Å². The van der Waals surface area contributed by atoms with E-state index in [-0.39, 0.29) is 32.6 Å². The minimum atomic E-state index is -4.38. The van der Waals surface area contributed by atoms with E-state index in [9.17, 15) is 19.0 Å². The first kappa shape index (κ1) is 62.9. The second-order valence-corrected chi connectivity index (χ2v) is 17.4. The number of phosphoric acid groups is 1. The van der Waals surface area contributed by atoms with E-state index < -0.39 is 32.5 Å². The molecule has 0 rings (SSSR count). The Labute approximate surface area is 407 Å². The van der Waals surface area contributed by atoms with Crippen molar-refractivity contribution in [3.05, 3.63) is 146 Å². The molecular formula is C57H90NO8P. The van der Waals surface area contributed by atoms with Gasteiger partial charge in [-0.3, -0.25) is 18.6 Å². The quantitative estimate of drug-likeness (QED) is 0.0265. The summed E-state index contributed by atoms with van der Waals surface area (Å²) >= 11 is 0. The first-order chi connectivity index (χ1) is 32.8. The van der Waals surface area contributed by atoms with Crippen LogP contribution >= 0.6 is 7.82 Å². The van der Waals surface area contributed by atoms with Crippen LogP contribution in [0.4, 0.5) is 0 Å². The summed E-state index contributed by atoms with van der Waals surface area (Å²) in [6.45, 7) is 3.45. The van der Waals surface area contributed by atoms with E-state index in [1.54, 1.807) is 0 Å². The van der Waals surface area contributed by atoms with Crippen molar-refractivity contribution in [3.8, 4) is 0 Å².